The fraction of sp³-hybridized carbons (Fsp3) is 0.944. The average molecular weight is 297 g/mol. The van der Waals surface area contributed by atoms with Crippen LogP contribution in [0.3, 0.4) is 0 Å². The maximum atomic E-state index is 12.6. The van der Waals surface area contributed by atoms with Crippen LogP contribution in [0.5, 0.6) is 0 Å². The van der Waals surface area contributed by atoms with Crippen molar-refractivity contribution in [1.82, 2.24) is 4.90 Å². The van der Waals surface area contributed by atoms with Crippen LogP contribution in [0.25, 0.3) is 0 Å². The molecule has 21 heavy (non-hydrogen) atoms. The van der Waals surface area contributed by atoms with Crippen molar-refractivity contribution >= 4 is 5.78 Å². The lowest BCUT2D eigenvalue weighted by atomic mass is 9.87. The van der Waals surface area contributed by atoms with E-state index in [-0.39, 0.29) is 5.54 Å². The summed E-state index contributed by atoms with van der Waals surface area (Å²) < 4.78 is 5.41. The predicted octanol–water partition coefficient (Wildman–Crippen LogP) is 4.20. The molecular weight excluding hydrogens is 262 g/mol. The molecule has 0 aliphatic carbocycles. The summed E-state index contributed by atoms with van der Waals surface area (Å²) in [6.45, 7) is 9.83. The number of carbonyl (C=O) groups excluding carboxylic acids is 1. The highest BCUT2D eigenvalue weighted by Crippen LogP contribution is 2.24. The van der Waals surface area contributed by atoms with Crippen LogP contribution in [0, 0.1) is 0 Å². The fourth-order valence-corrected chi connectivity index (χ4v) is 3.17. The molecule has 1 aliphatic heterocycles. The van der Waals surface area contributed by atoms with Crippen molar-refractivity contribution in [3.8, 4) is 0 Å². The number of hydrogen-bond donors (Lipinski definition) is 0. The Hall–Kier alpha value is -0.410. The van der Waals surface area contributed by atoms with Gasteiger partial charge in [-0.3, -0.25) is 9.69 Å². The number of morpholine rings is 1. The van der Waals surface area contributed by atoms with E-state index in [9.17, 15) is 4.79 Å². The molecule has 0 aromatic rings. The van der Waals surface area contributed by atoms with E-state index in [2.05, 4.69) is 25.7 Å². The van der Waals surface area contributed by atoms with E-state index in [1.807, 2.05) is 0 Å². The minimum absolute atomic E-state index is 0.272. The van der Waals surface area contributed by atoms with Crippen LogP contribution in [0.15, 0.2) is 0 Å². The first-order chi connectivity index (χ1) is 10.1. The largest absolute Gasteiger partial charge is 0.379 e. The number of Topliss-reactive ketones (excluding diaryl/α,β-unsaturated/α-hetero) is 1. The molecule has 0 amide bonds. The third-order valence-corrected chi connectivity index (χ3v) is 5.01. The average Bonchev–Trinajstić information content (AvgIpc) is 2.53. The third kappa shape index (κ3) is 6.07. The fourth-order valence-electron chi connectivity index (χ4n) is 3.17. The minimum Gasteiger partial charge on any atom is -0.379 e. The lowest BCUT2D eigenvalue weighted by molar-refractivity contribution is -0.134. The first-order valence-corrected chi connectivity index (χ1v) is 9.01. The molecule has 0 N–H and O–H groups in total. The molecule has 1 aliphatic rings. The Morgan fingerprint density at radius 2 is 1.57 bits per heavy atom. The molecule has 1 rings (SSSR count). The van der Waals surface area contributed by atoms with Gasteiger partial charge >= 0.3 is 0 Å². The molecule has 0 spiro atoms. The van der Waals surface area contributed by atoms with Gasteiger partial charge < -0.3 is 4.74 Å². The van der Waals surface area contributed by atoms with E-state index in [1.54, 1.807) is 0 Å². The van der Waals surface area contributed by atoms with Gasteiger partial charge in [0.15, 0.2) is 5.78 Å². The Kier molecular flexibility index (Phi) is 9.18. The molecule has 1 fully saturated rings. The number of unbranched alkanes of at least 4 members (excludes halogenated alkanes) is 6. The lowest BCUT2D eigenvalue weighted by Gasteiger charge is -2.41. The summed E-state index contributed by atoms with van der Waals surface area (Å²) in [5.41, 5.74) is -0.272. The van der Waals surface area contributed by atoms with E-state index >= 15 is 0 Å². The van der Waals surface area contributed by atoms with E-state index in [4.69, 9.17) is 4.74 Å². The van der Waals surface area contributed by atoms with Crippen LogP contribution in [-0.2, 0) is 9.53 Å². The van der Waals surface area contributed by atoms with Gasteiger partial charge in [-0.2, -0.15) is 0 Å². The monoisotopic (exact) mass is 297 g/mol. The molecule has 1 atom stereocenters. The van der Waals surface area contributed by atoms with Gasteiger partial charge in [0, 0.05) is 19.5 Å². The minimum atomic E-state index is -0.272. The van der Waals surface area contributed by atoms with Crippen molar-refractivity contribution in [1.29, 1.82) is 0 Å². The van der Waals surface area contributed by atoms with E-state index in [0.717, 1.165) is 45.6 Å². The summed E-state index contributed by atoms with van der Waals surface area (Å²) in [6.07, 6.45) is 10.5. The number of carbonyl (C=O) groups is 1. The van der Waals surface area contributed by atoms with Gasteiger partial charge in [0.2, 0.25) is 0 Å². The highest BCUT2D eigenvalue weighted by Gasteiger charge is 2.37. The highest BCUT2D eigenvalue weighted by molar-refractivity contribution is 5.87. The summed E-state index contributed by atoms with van der Waals surface area (Å²) in [7, 11) is 0. The lowest BCUT2D eigenvalue weighted by Crippen LogP contribution is -2.56. The smallest absolute Gasteiger partial charge is 0.152 e. The summed E-state index contributed by atoms with van der Waals surface area (Å²) in [5.74, 6) is 0.431. The second-order valence-corrected chi connectivity index (χ2v) is 6.52. The molecule has 0 aromatic heterocycles. The topological polar surface area (TPSA) is 29.5 Å². The normalized spacial score (nSPS) is 19.4. The Morgan fingerprint density at radius 3 is 2.14 bits per heavy atom. The number of hydrogen-bond acceptors (Lipinski definition) is 3. The molecule has 1 heterocycles. The van der Waals surface area contributed by atoms with Gasteiger partial charge in [-0.05, 0) is 19.8 Å². The van der Waals surface area contributed by atoms with Crippen LogP contribution < -0.4 is 0 Å². The second-order valence-electron chi connectivity index (χ2n) is 6.52. The Labute approximate surface area is 131 Å². The van der Waals surface area contributed by atoms with Gasteiger partial charge in [0.25, 0.3) is 0 Å². The summed E-state index contributed by atoms with van der Waals surface area (Å²) in [5, 5.41) is 0. The molecule has 1 unspecified atom stereocenters. The number of ketones is 1. The molecule has 1 saturated heterocycles. The summed E-state index contributed by atoms with van der Waals surface area (Å²) in [4.78, 5) is 15.0. The maximum Gasteiger partial charge on any atom is 0.152 e. The first kappa shape index (κ1) is 18.6. The van der Waals surface area contributed by atoms with Crippen molar-refractivity contribution < 1.29 is 9.53 Å². The van der Waals surface area contributed by atoms with Gasteiger partial charge in [-0.15, -0.1) is 0 Å². The summed E-state index contributed by atoms with van der Waals surface area (Å²) in [6, 6.07) is 0. The molecule has 0 saturated carbocycles. The molecule has 0 aromatic carbocycles. The van der Waals surface area contributed by atoms with Gasteiger partial charge in [0.1, 0.15) is 0 Å². The molecular formula is C18H35NO2. The first-order valence-electron chi connectivity index (χ1n) is 9.01. The van der Waals surface area contributed by atoms with Gasteiger partial charge in [-0.25, -0.2) is 0 Å². The SMILES string of the molecule is CCCCCCCCCC(=O)C(C)(CC)N1CCOCC1. The third-order valence-electron chi connectivity index (χ3n) is 5.01. The number of ether oxygens (including phenoxy) is 1. The van der Waals surface area contributed by atoms with Gasteiger partial charge in [-0.1, -0.05) is 52.4 Å². The molecule has 0 radical (unpaired) electrons. The number of rotatable bonds is 11. The van der Waals surface area contributed by atoms with Crippen LogP contribution in [-0.4, -0.2) is 42.5 Å². The van der Waals surface area contributed by atoms with E-state index < -0.39 is 0 Å². The van der Waals surface area contributed by atoms with Crippen molar-refractivity contribution in [2.45, 2.75) is 84.1 Å². The van der Waals surface area contributed by atoms with Crippen molar-refractivity contribution in [3.63, 3.8) is 0 Å². The van der Waals surface area contributed by atoms with Crippen molar-refractivity contribution in [2.75, 3.05) is 26.3 Å². The van der Waals surface area contributed by atoms with Crippen LogP contribution in [0.1, 0.15) is 78.6 Å². The number of nitrogens with zero attached hydrogens (tertiary/aromatic N) is 1. The zero-order valence-electron chi connectivity index (χ0n) is 14.5. The standard InChI is InChI=1S/C18H35NO2/c1-4-6-7-8-9-10-11-12-17(20)18(3,5-2)19-13-15-21-16-14-19/h4-16H2,1-3H3. The van der Waals surface area contributed by atoms with Gasteiger partial charge in [0.05, 0.1) is 18.8 Å². The van der Waals surface area contributed by atoms with E-state index in [0.29, 0.717) is 5.78 Å². The second kappa shape index (κ2) is 10.3. The van der Waals surface area contributed by atoms with Crippen LogP contribution in [0.2, 0.25) is 0 Å². The maximum absolute atomic E-state index is 12.6. The summed E-state index contributed by atoms with van der Waals surface area (Å²) >= 11 is 0. The molecule has 3 heteroatoms. The van der Waals surface area contributed by atoms with Crippen LogP contribution in [0.4, 0.5) is 0 Å². The predicted molar refractivity (Wildman–Crippen MR) is 88.7 cm³/mol. The highest BCUT2D eigenvalue weighted by atomic mass is 16.5. The zero-order valence-corrected chi connectivity index (χ0v) is 14.5. The van der Waals surface area contributed by atoms with Crippen LogP contribution >= 0.6 is 0 Å². The Morgan fingerprint density at radius 1 is 1.00 bits per heavy atom. The van der Waals surface area contributed by atoms with Crippen molar-refractivity contribution in [3.05, 3.63) is 0 Å². The Bertz CT molecular complexity index is 287. The molecule has 3 nitrogen and oxygen atoms in total. The zero-order chi connectivity index (χ0) is 15.6. The molecule has 0 bridgehead atoms. The quantitative estimate of drug-likeness (QED) is 0.535. The van der Waals surface area contributed by atoms with Crippen molar-refractivity contribution in [2.24, 2.45) is 0 Å². The van der Waals surface area contributed by atoms with E-state index in [1.165, 1.54) is 38.5 Å². The Balaban J connectivity index is 2.27. The molecule has 124 valence electrons.